The third kappa shape index (κ3) is 4.40. The summed E-state index contributed by atoms with van der Waals surface area (Å²) in [5, 5.41) is 2.76. The molecular weight excluding hydrogens is 428 g/mol. The molecule has 1 aliphatic rings. The largest absolute Gasteiger partial charge is 0.493 e. The van der Waals surface area contributed by atoms with Crippen LogP contribution in [-0.4, -0.2) is 41.1 Å². The molecule has 32 heavy (non-hydrogen) atoms. The Morgan fingerprint density at radius 1 is 1.00 bits per heavy atom. The van der Waals surface area contributed by atoms with Crippen LogP contribution >= 0.6 is 0 Å². The quantitative estimate of drug-likeness (QED) is 0.531. The highest BCUT2D eigenvalue weighted by Gasteiger charge is 2.30. The normalized spacial score (nSPS) is 12.8. The summed E-state index contributed by atoms with van der Waals surface area (Å²) in [5.74, 6) is 0.830. The molecule has 0 aliphatic carbocycles. The highest BCUT2D eigenvalue weighted by molar-refractivity contribution is 7.92. The van der Waals surface area contributed by atoms with Crippen LogP contribution in [0.2, 0.25) is 0 Å². The van der Waals surface area contributed by atoms with Gasteiger partial charge in [0.1, 0.15) is 6.61 Å². The topological polar surface area (TPSA) is 84.9 Å². The van der Waals surface area contributed by atoms with E-state index in [0.29, 0.717) is 30.2 Å². The Bertz CT molecular complexity index is 1230. The molecule has 166 valence electrons. The second kappa shape index (κ2) is 9.32. The summed E-state index contributed by atoms with van der Waals surface area (Å²) >= 11 is 0. The van der Waals surface area contributed by atoms with Gasteiger partial charge in [-0.05, 0) is 48.4 Å². The van der Waals surface area contributed by atoms with E-state index < -0.39 is 10.0 Å². The van der Waals surface area contributed by atoms with Crippen molar-refractivity contribution in [3.63, 3.8) is 0 Å². The molecule has 1 N–H and O–H groups in total. The van der Waals surface area contributed by atoms with Gasteiger partial charge in [-0.15, -0.1) is 0 Å². The number of nitrogens with zero attached hydrogens (tertiary/aromatic N) is 1. The Balaban J connectivity index is 1.41. The van der Waals surface area contributed by atoms with Crippen molar-refractivity contribution in [1.82, 2.24) is 5.32 Å². The van der Waals surface area contributed by atoms with Crippen LogP contribution < -0.4 is 19.1 Å². The number of carbonyl (C=O) groups excluding carboxylic acids is 1. The molecule has 0 unspecified atom stereocenters. The van der Waals surface area contributed by atoms with E-state index in [1.807, 2.05) is 30.3 Å². The summed E-state index contributed by atoms with van der Waals surface area (Å²) in [4.78, 5) is 12.7. The molecule has 0 saturated heterocycles. The predicted molar refractivity (Wildman–Crippen MR) is 122 cm³/mol. The molecule has 0 bridgehead atoms. The molecule has 0 spiro atoms. The smallest absolute Gasteiger partial charge is 0.264 e. The SMILES string of the molecule is COc1ccccc1OCCNC(=O)c1cccc(S(=O)(=O)N2CCc3ccccc32)c1. The summed E-state index contributed by atoms with van der Waals surface area (Å²) < 4.78 is 38.7. The molecule has 0 atom stereocenters. The Hall–Kier alpha value is -3.52. The van der Waals surface area contributed by atoms with Crippen LogP contribution in [0.25, 0.3) is 0 Å². The van der Waals surface area contributed by atoms with Crippen molar-refractivity contribution in [1.29, 1.82) is 0 Å². The van der Waals surface area contributed by atoms with E-state index in [9.17, 15) is 13.2 Å². The van der Waals surface area contributed by atoms with Crippen LogP contribution in [0.1, 0.15) is 15.9 Å². The molecule has 7 nitrogen and oxygen atoms in total. The van der Waals surface area contributed by atoms with Crippen molar-refractivity contribution >= 4 is 21.6 Å². The number of benzene rings is 3. The maximum Gasteiger partial charge on any atom is 0.264 e. The first kappa shape index (κ1) is 21.7. The summed E-state index contributed by atoms with van der Waals surface area (Å²) in [5.41, 5.74) is 1.96. The van der Waals surface area contributed by atoms with Gasteiger partial charge >= 0.3 is 0 Å². The average molecular weight is 453 g/mol. The number of nitrogens with one attached hydrogen (secondary N) is 1. The zero-order valence-electron chi connectivity index (χ0n) is 17.7. The van der Waals surface area contributed by atoms with Crippen LogP contribution in [-0.2, 0) is 16.4 Å². The molecule has 0 radical (unpaired) electrons. The molecule has 0 saturated carbocycles. The van der Waals surface area contributed by atoms with Gasteiger partial charge in [-0.25, -0.2) is 8.42 Å². The number of sulfonamides is 1. The first-order chi connectivity index (χ1) is 15.5. The molecule has 0 aromatic heterocycles. The summed E-state index contributed by atoms with van der Waals surface area (Å²) in [6.07, 6.45) is 0.668. The lowest BCUT2D eigenvalue weighted by molar-refractivity contribution is 0.0946. The average Bonchev–Trinajstić information content (AvgIpc) is 3.27. The second-order valence-electron chi connectivity index (χ2n) is 7.24. The number of amides is 1. The number of hydrogen-bond acceptors (Lipinski definition) is 5. The Morgan fingerprint density at radius 3 is 2.56 bits per heavy atom. The number of fused-ring (bicyclic) bond motifs is 1. The van der Waals surface area contributed by atoms with Gasteiger partial charge in [0.2, 0.25) is 0 Å². The zero-order valence-corrected chi connectivity index (χ0v) is 18.5. The van der Waals surface area contributed by atoms with E-state index in [1.54, 1.807) is 37.4 Å². The van der Waals surface area contributed by atoms with Crippen LogP contribution in [0.3, 0.4) is 0 Å². The molecule has 3 aromatic carbocycles. The number of para-hydroxylation sites is 3. The van der Waals surface area contributed by atoms with E-state index in [0.717, 1.165) is 5.56 Å². The fourth-order valence-electron chi connectivity index (χ4n) is 3.65. The second-order valence-corrected chi connectivity index (χ2v) is 9.10. The first-order valence-electron chi connectivity index (χ1n) is 10.3. The van der Waals surface area contributed by atoms with Crippen LogP contribution in [0, 0.1) is 0 Å². The summed E-state index contributed by atoms with van der Waals surface area (Å²) in [6, 6.07) is 20.8. The number of hydrogen-bond donors (Lipinski definition) is 1. The Labute approximate surface area is 187 Å². The molecule has 8 heteroatoms. The fourth-order valence-corrected chi connectivity index (χ4v) is 5.20. The standard InChI is InChI=1S/C24H24N2O5S/c1-30-22-11-4-5-12-23(22)31-16-14-25-24(27)19-8-6-9-20(17-19)32(28,29)26-15-13-18-7-2-3-10-21(18)26/h2-12,17H,13-16H2,1H3,(H,25,27). The minimum atomic E-state index is -3.76. The van der Waals surface area contributed by atoms with Gasteiger partial charge in [0.25, 0.3) is 15.9 Å². The number of methoxy groups -OCH3 is 1. The molecule has 1 amide bonds. The van der Waals surface area contributed by atoms with Gasteiger partial charge in [0.05, 0.1) is 24.2 Å². The minimum absolute atomic E-state index is 0.0899. The van der Waals surface area contributed by atoms with E-state index in [1.165, 1.54) is 16.4 Å². The van der Waals surface area contributed by atoms with Crippen LogP contribution in [0.4, 0.5) is 5.69 Å². The highest BCUT2D eigenvalue weighted by Crippen LogP contribution is 2.32. The van der Waals surface area contributed by atoms with Gasteiger partial charge in [-0.2, -0.15) is 0 Å². The molecule has 0 fully saturated rings. The summed E-state index contributed by atoms with van der Waals surface area (Å²) in [7, 11) is -2.20. The fraction of sp³-hybridized carbons (Fsp3) is 0.208. The van der Waals surface area contributed by atoms with Crippen molar-refractivity contribution in [2.75, 3.05) is 31.1 Å². The monoisotopic (exact) mass is 452 g/mol. The number of ether oxygens (including phenoxy) is 2. The molecule has 1 heterocycles. The Morgan fingerprint density at radius 2 is 1.75 bits per heavy atom. The molecule has 3 aromatic rings. The number of carbonyl (C=O) groups is 1. The minimum Gasteiger partial charge on any atom is -0.493 e. The van der Waals surface area contributed by atoms with Gasteiger partial charge in [-0.1, -0.05) is 36.4 Å². The Kier molecular flexibility index (Phi) is 6.32. The van der Waals surface area contributed by atoms with Gasteiger partial charge < -0.3 is 14.8 Å². The highest BCUT2D eigenvalue weighted by atomic mass is 32.2. The van der Waals surface area contributed by atoms with Crippen molar-refractivity contribution in [2.24, 2.45) is 0 Å². The third-order valence-corrected chi connectivity index (χ3v) is 7.05. The van der Waals surface area contributed by atoms with Crippen molar-refractivity contribution in [3.8, 4) is 11.5 Å². The van der Waals surface area contributed by atoms with Crippen LogP contribution in [0.15, 0.2) is 77.7 Å². The van der Waals surface area contributed by atoms with E-state index >= 15 is 0 Å². The van der Waals surface area contributed by atoms with Gasteiger partial charge in [0.15, 0.2) is 11.5 Å². The molecule has 1 aliphatic heterocycles. The van der Waals surface area contributed by atoms with Crippen LogP contribution in [0.5, 0.6) is 11.5 Å². The van der Waals surface area contributed by atoms with Crippen molar-refractivity contribution < 1.29 is 22.7 Å². The number of rotatable bonds is 8. The molecular formula is C24H24N2O5S. The van der Waals surface area contributed by atoms with E-state index in [4.69, 9.17) is 9.47 Å². The van der Waals surface area contributed by atoms with E-state index in [-0.39, 0.29) is 29.5 Å². The number of anilines is 1. The van der Waals surface area contributed by atoms with Gasteiger partial charge in [0, 0.05) is 12.1 Å². The van der Waals surface area contributed by atoms with Crippen molar-refractivity contribution in [3.05, 3.63) is 83.9 Å². The summed E-state index contributed by atoms with van der Waals surface area (Å²) in [6.45, 7) is 0.889. The van der Waals surface area contributed by atoms with E-state index in [2.05, 4.69) is 5.32 Å². The zero-order chi connectivity index (χ0) is 22.6. The lowest BCUT2D eigenvalue weighted by atomic mass is 10.2. The first-order valence-corrected chi connectivity index (χ1v) is 11.7. The maximum atomic E-state index is 13.2. The molecule has 4 rings (SSSR count). The van der Waals surface area contributed by atoms with Gasteiger partial charge in [-0.3, -0.25) is 9.10 Å². The lowest BCUT2D eigenvalue weighted by Crippen LogP contribution is -2.30. The maximum absolute atomic E-state index is 13.2. The lowest BCUT2D eigenvalue weighted by Gasteiger charge is -2.20. The predicted octanol–water partition coefficient (Wildman–Crippen LogP) is 3.26. The third-order valence-electron chi connectivity index (χ3n) is 5.24. The van der Waals surface area contributed by atoms with Crippen molar-refractivity contribution in [2.45, 2.75) is 11.3 Å².